The summed E-state index contributed by atoms with van der Waals surface area (Å²) in [7, 11) is 1.61. The third-order valence-electron chi connectivity index (χ3n) is 6.26. The number of aryl methyl sites for hydroxylation is 2. The number of rotatable bonds is 8. The van der Waals surface area contributed by atoms with Gasteiger partial charge in [0, 0.05) is 12.7 Å². The fraction of sp³-hybridized carbons (Fsp3) is 0.406. The Morgan fingerprint density at radius 3 is 2.10 bits per heavy atom. The Morgan fingerprint density at radius 1 is 0.897 bits per heavy atom. The Bertz CT molecular complexity index is 1320. The first-order valence-electron chi connectivity index (χ1n) is 13.4. The molecule has 7 heteroatoms. The summed E-state index contributed by atoms with van der Waals surface area (Å²) in [5.74, 6) is -0.590. The lowest BCUT2D eigenvalue weighted by Crippen LogP contribution is -2.51. The molecule has 0 aromatic heterocycles. The van der Waals surface area contributed by atoms with Gasteiger partial charge in [-0.25, -0.2) is 4.79 Å². The van der Waals surface area contributed by atoms with Crippen molar-refractivity contribution in [1.29, 1.82) is 0 Å². The molecule has 0 saturated carbocycles. The third-order valence-corrected chi connectivity index (χ3v) is 6.26. The van der Waals surface area contributed by atoms with Crippen molar-refractivity contribution in [1.82, 2.24) is 10.2 Å². The van der Waals surface area contributed by atoms with Gasteiger partial charge in [-0.3, -0.25) is 9.59 Å². The quantitative estimate of drug-likeness (QED) is 0.346. The highest BCUT2D eigenvalue weighted by atomic mass is 16.6. The Balaban J connectivity index is 1.95. The molecule has 0 fully saturated rings. The van der Waals surface area contributed by atoms with Crippen LogP contribution >= 0.6 is 0 Å². The van der Waals surface area contributed by atoms with Crippen molar-refractivity contribution in [3.63, 3.8) is 0 Å². The van der Waals surface area contributed by atoms with Gasteiger partial charge in [0.05, 0.1) is 0 Å². The molecule has 0 spiro atoms. The topological polar surface area (TPSA) is 87.7 Å². The molecule has 2 N–H and O–H groups in total. The number of fused-ring (bicyclic) bond motifs is 1. The van der Waals surface area contributed by atoms with E-state index in [1.807, 2.05) is 88.4 Å². The van der Waals surface area contributed by atoms with Gasteiger partial charge in [0.2, 0.25) is 5.91 Å². The van der Waals surface area contributed by atoms with Gasteiger partial charge in [-0.15, -0.1) is 0 Å². The van der Waals surface area contributed by atoms with Crippen molar-refractivity contribution in [2.45, 2.75) is 72.6 Å². The minimum absolute atomic E-state index is 0.119. The molecule has 3 aromatic carbocycles. The van der Waals surface area contributed by atoms with Gasteiger partial charge in [-0.2, -0.15) is 0 Å². The molecule has 39 heavy (non-hydrogen) atoms. The number of carbonyl (C=O) groups is 3. The molecule has 0 bridgehead atoms. The van der Waals surface area contributed by atoms with Gasteiger partial charge in [0.25, 0.3) is 5.91 Å². The molecule has 2 atom stereocenters. The monoisotopic (exact) mass is 531 g/mol. The van der Waals surface area contributed by atoms with Crippen LogP contribution in [0.1, 0.15) is 63.8 Å². The second-order valence-electron chi connectivity index (χ2n) is 11.7. The van der Waals surface area contributed by atoms with Crippen molar-refractivity contribution >= 4 is 34.4 Å². The minimum Gasteiger partial charge on any atom is -0.444 e. The van der Waals surface area contributed by atoms with Gasteiger partial charge in [-0.1, -0.05) is 73.5 Å². The molecule has 7 nitrogen and oxygen atoms in total. The fourth-order valence-corrected chi connectivity index (χ4v) is 4.71. The van der Waals surface area contributed by atoms with E-state index in [0.29, 0.717) is 17.7 Å². The van der Waals surface area contributed by atoms with Crippen LogP contribution in [0.15, 0.2) is 60.7 Å². The van der Waals surface area contributed by atoms with Crippen molar-refractivity contribution in [3.8, 4) is 0 Å². The highest BCUT2D eigenvalue weighted by molar-refractivity contribution is 6.00. The molecule has 0 aliphatic carbocycles. The second kappa shape index (κ2) is 12.3. The van der Waals surface area contributed by atoms with E-state index in [1.165, 1.54) is 4.90 Å². The maximum atomic E-state index is 13.9. The maximum absolute atomic E-state index is 13.9. The number of hydrogen-bond donors (Lipinski definition) is 2. The molecular formula is C32H41N3O4. The summed E-state index contributed by atoms with van der Waals surface area (Å²) in [5, 5.41) is 7.82. The number of likely N-dealkylation sites (N-methyl/N-ethyl adjacent to an activating group) is 1. The van der Waals surface area contributed by atoms with E-state index in [1.54, 1.807) is 27.8 Å². The number of ether oxygens (including phenoxy) is 1. The average molecular weight is 532 g/mol. The predicted octanol–water partition coefficient (Wildman–Crippen LogP) is 6.53. The van der Waals surface area contributed by atoms with Gasteiger partial charge in [-0.05, 0) is 75.4 Å². The van der Waals surface area contributed by atoms with Crippen LogP contribution in [0, 0.1) is 19.8 Å². The minimum atomic E-state index is -0.919. The number of anilines is 1. The van der Waals surface area contributed by atoms with Crippen LogP contribution in [0.4, 0.5) is 10.5 Å². The van der Waals surface area contributed by atoms with E-state index in [4.69, 9.17) is 4.74 Å². The number of benzene rings is 3. The normalized spacial score (nSPS) is 13.1. The molecule has 208 valence electrons. The molecule has 2 unspecified atom stereocenters. The summed E-state index contributed by atoms with van der Waals surface area (Å²) in [6, 6.07) is 17.7. The lowest BCUT2D eigenvalue weighted by atomic mass is 9.97. The first-order chi connectivity index (χ1) is 18.2. The number of carbonyl (C=O) groups excluding carboxylic acids is 3. The van der Waals surface area contributed by atoms with Crippen LogP contribution in [-0.2, 0) is 14.3 Å². The van der Waals surface area contributed by atoms with Crippen LogP contribution in [-0.4, -0.2) is 41.5 Å². The summed E-state index contributed by atoms with van der Waals surface area (Å²) in [5.41, 5.74) is 2.60. The summed E-state index contributed by atoms with van der Waals surface area (Å²) >= 11 is 0. The van der Waals surface area contributed by atoms with E-state index < -0.39 is 23.8 Å². The second-order valence-corrected chi connectivity index (χ2v) is 11.7. The van der Waals surface area contributed by atoms with E-state index in [-0.39, 0.29) is 17.7 Å². The van der Waals surface area contributed by atoms with Gasteiger partial charge < -0.3 is 20.3 Å². The Labute approximate surface area is 231 Å². The summed E-state index contributed by atoms with van der Waals surface area (Å²) < 4.78 is 5.42. The summed E-state index contributed by atoms with van der Waals surface area (Å²) in [4.78, 5) is 41.8. The van der Waals surface area contributed by atoms with E-state index in [9.17, 15) is 14.4 Å². The van der Waals surface area contributed by atoms with Crippen molar-refractivity contribution in [3.05, 3.63) is 77.4 Å². The zero-order chi connectivity index (χ0) is 28.9. The Morgan fingerprint density at radius 2 is 1.51 bits per heavy atom. The number of hydrogen-bond acceptors (Lipinski definition) is 4. The van der Waals surface area contributed by atoms with Crippen LogP contribution in [0.25, 0.3) is 10.8 Å². The van der Waals surface area contributed by atoms with E-state index in [0.717, 1.165) is 21.9 Å². The molecular weight excluding hydrogens is 490 g/mol. The molecule has 0 aliphatic heterocycles. The smallest absolute Gasteiger partial charge is 0.408 e. The van der Waals surface area contributed by atoms with Crippen molar-refractivity contribution in [2.75, 3.05) is 12.4 Å². The summed E-state index contributed by atoms with van der Waals surface area (Å²) in [6.07, 6.45) is -0.271. The van der Waals surface area contributed by atoms with Crippen LogP contribution in [0.3, 0.4) is 0 Å². The SMILES string of the molecule is Cc1cc(C)cc(C(C(=O)Nc2ccc3ccccc3c2)N(C)C(=O)C(CC(C)C)NC(=O)OC(C)(C)C)c1. The van der Waals surface area contributed by atoms with Crippen molar-refractivity contribution in [2.24, 2.45) is 5.92 Å². The molecule has 3 aromatic rings. The van der Waals surface area contributed by atoms with Crippen LogP contribution < -0.4 is 10.6 Å². The summed E-state index contributed by atoms with van der Waals surface area (Å²) in [6.45, 7) is 13.2. The Hall–Kier alpha value is -3.87. The number of amides is 3. The molecule has 0 saturated heterocycles. The van der Waals surface area contributed by atoms with Gasteiger partial charge in [0.1, 0.15) is 17.7 Å². The van der Waals surface area contributed by atoms with Gasteiger partial charge in [0.15, 0.2) is 0 Å². The number of nitrogens with zero attached hydrogens (tertiary/aromatic N) is 1. The fourth-order valence-electron chi connectivity index (χ4n) is 4.71. The van der Waals surface area contributed by atoms with Crippen LogP contribution in [0.5, 0.6) is 0 Å². The number of alkyl carbamates (subject to hydrolysis) is 1. The average Bonchev–Trinajstić information content (AvgIpc) is 2.81. The van der Waals surface area contributed by atoms with Crippen LogP contribution in [0.2, 0.25) is 0 Å². The zero-order valence-electron chi connectivity index (χ0n) is 24.3. The third kappa shape index (κ3) is 8.31. The molecule has 0 aliphatic rings. The number of nitrogens with one attached hydrogen (secondary N) is 2. The molecule has 3 amide bonds. The lowest BCUT2D eigenvalue weighted by molar-refractivity contribution is -0.139. The van der Waals surface area contributed by atoms with E-state index >= 15 is 0 Å². The van der Waals surface area contributed by atoms with E-state index in [2.05, 4.69) is 10.6 Å². The first kappa shape index (κ1) is 29.7. The largest absolute Gasteiger partial charge is 0.444 e. The first-order valence-corrected chi connectivity index (χ1v) is 13.4. The molecule has 0 heterocycles. The zero-order valence-corrected chi connectivity index (χ0v) is 24.3. The lowest BCUT2D eigenvalue weighted by Gasteiger charge is -2.32. The molecule has 0 radical (unpaired) electrons. The standard InChI is InChI=1S/C32H41N3O4/c1-20(2)15-27(34-31(38)39-32(5,6)7)30(37)35(8)28(25-17-21(3)16-22(4)18-25)29(36)33-26-14-13-23-11-9-10-12-24(23)19-26/h9-14,16-20,27-28H,15H2,1-8H3,(H,33,36)(H,34,38). The predicted molar refractivity (Wildman–Crippen MR) is 157 cm³/mol. The van der Waals surface area contributed by atoms with Crippen molar-refractivity contribution < 1.29 is 19.1 Å². The maximum Gasteiger partial charge on any atom is 0.408 e. The highest BCUT2D eigenvalue weighted by Gasteiger charge is 2.34. The molecule has 3 rings (SSSR count). The highest BCUT2D eigenvalue weighted by Crippen LogP contribution is 2.27. The Kier molecular flexibility index (Phi) is 9.38. The van der Waals surface area contributed by atoms with Gasteiger partial charge >= 0.3 is 6.09 Å².